The summed E-state index contributed by atoms with van der Waals surface area (Å²) in [7, 11) is 0. The number of H-pyrrole nitrogens is 1. The summed E-state index contributed by atoms with van der Waals surface area (Å²) in [5.41, 5.74) is 1.40. The number of benzene rings is 2. The molecular formula is C20H18FN3O2. The fourth-order valence-corrected chi connectivity index (χ4v) is 3.64. The van der Waals surface area contributed by atoms with Crippen LogP contribution in [0.25, 0.3) is 10.8 Å². The van der Waals surface area contributed by atoms with Gasteiger partial charge < -0.3 is 4.90 Å². The number of aromatic amines is 1. The number of nitrogens with zero attached hydrogens (tertiary/aromatic N) is 2. The largest absolute Gasteiger partial charge is 0.309 e. The van der Waals surface area contributed by atoms with Gasteiger partial charge in [0.05, 0.1) is 23.2 Å². The molecule has 0 spiro atoms. The number of para-hydroxylation sites is 1. The highest BCUT2D eigenvalue weighted by atomic mass is 19.1. The number of fused-ring (bicyclic) bond motifs is 2. The molecule has 0 bridgehead atoms. The van der Waals surface area contributed by atoms with Gasteiger partial charge in [-0.05, 0) is 30.0 Å². The SMILES string of the molecule is CC1Cc2cccc(F)c2N(C(=O)Cc2n[nH]c(=O)c3ccccc23)C1. The molecule has 6 heteroatoms. The highest BCUT2D eigenvalue weighted by Gasteiger charge is 2.29. The van der Waals surface area contributed by atoms with E-state index < -0.39 is 0 Å². The molecule has 0 fully saturated rings. The van der Waals surface area contributed by atoms with Gasteiger partial charge in [0.15, 0.2) is 0 Å². The summed E-state index contributed by atoms with van der Waals surface area (Å²) in [5, 5.41) is 7.63. The molecule has 132 valence electrons. The number of carbonyl (C=O) groups is 1. The van der Waals surface area contributed by atoms with Crippen molar-refractivity contribution in [2.75, 3.05) is 11.4 Å². The second-order valence-corrected chi connectivity index (χ2v) is 6.78. The Morgan fingerprint density at radius 1 is 1.23 bits per heavy atom. The van der Waals surface area contributed by atoms with E-state index in [0.717, 1.165) is 12.0 Å². The number of nitrogens with one attached hydrogen (secondary N) is 1. The molecular weight excluding hydrogens is 333 g/mol. The number of amides is 1. The van der Waals surface area contributed by atoms with Crippen LogP contribution in [0.5, 0.6) is 0 Å². The number of carbonyl (C=O) groups excluding carboxylic acids is 1. The average molecular weight is 351 g/mol. The number of rotatable bonds is 2. The molecule has 0 aliphatic carbocycles. The van der Waals surface area contributed by atoms with Gasteiger partial charge >= 0.3 is 0 Å². The lowest BCUT2D eigenvalue weighted by Crippen LogP contribution is -2.41. The lowest BCUT2D eigenvalue weighted by molar-refractivity contribution is -0.118. The van der Waals surface area contributed by atoms with Gasteiger partial charge in [0.1, 0.15) is 5.82 Å². The van der Waals surface area contributed by atoms with Gasteiger partial charge in [0.2, 0.25) is 5.91 Å². The molecule has 1 unspecified atom stereocenters. The second kappa shape index (κ2) is 6.37. The molecule has 0 saturated carbocycles. The van der Waals surface area contributed by atoms with Gasteiger partial charge in [0.25, 0.3) is 5.56 Å². The fraction of sp³-hybridized carbons (Fsp3) is 0.250. The summed E-state index contributed by atoms with van der Waals surface area (Å²) in [4.78, 5) is 26.4. The topological polar surface area (TPSA) is 66.1 Å². The number of hydrogen-bond donors (Lipinski definition) is 1. The Hall–Kier alpha value is -3.02. The Balaban J connectivity index is 1.73. The molecule has 4 rings (SSSR count). The maximum absolute atomic E-state index is 14.4. The van der Waals surface area contributed by atoms with Gasteiger partial charge in [-0.1, -0.05) is 37.3 Å². The third kappa shape index (κ3) is 2.77. The highest BCUT2D eigenvalue weighted by Crippen LogP contribution is 2.32. The molecule has 1 aromatic heterocycles. The van der Waals surface area contributed by atoms with Crippen LogP contribution in [0.3, 0.4) is 0 Å². The number of aromatic nitrogens is 2. The first-order valence-electron chi connectivity index (χ1n) is 8.58. The standard InChI is InChI=1S/C20H18FN3O2/c1-12-9-13-5-4-8-16(21)19(13)24(11-12)18(25)10-17-14-6-2-3-7-15(14)20(26)23-22-17/h2-8,12H,9-11H2,1H3,(H,23,26). The van der Waals surface area contributed by atoms with Crippen molar-refractivity contribution in [2.45, 2.75) is 19.8 Å². The van der Waals surface area contributed by atoms with Crippen molar-refractivity contribution in [3.05, 3.63) is 69.9 Å². The predicted molar refractivity (Wildman–Crippen MR) is 97.7 cm³/mol. The molecule has 0 saturated heterocycles. The molecule has 1 aliphatic rings. The second-order valence-electron chi connectivity index (χ2n) is 6.78. The Morgan fingerprint density at radius 2 is 2.00 bits per heavy atom. The van der Waals surface area contributed by atoms with Gasteiger partial charge in [-0.3, -0.25) is 9.59 Å². The zero-order chi connectivity index (χ0) is 18.3. The van der Waals surface area contributed by atoms with Crippen molar-refractivity contribution in [1.29, 1.82) is 0 Å². The lowest BCUT2D eigenvalue weighted by atomic mass is 9.93. The van der Waals surface area contributed by atoms with Crippen molar-refractivity contribution in [3.63, 3.8) is 0 Å². The summed E-state index contributed by atoms with van der Waals surface area (Å²) >= 11 is 0. The molecule has 1 N–H and O–H groups in total. The van der Waals surface area contributed by atoms with Crippen LogP contribution in [0.15, 0.2) is 47.3 Å². The van der Waals surface area contributed by atoms with Crippen LogP contribution in [-0.4, -0.2) is 22.6 Å². The van der Waals surface area contributed by atoms with E-state index in [2.05, 4.69) is 10.2 Å². The minimum atomic E-state index is -0.387. The summed E-state index contributed by atoms with van der Waals surface area (Å²) in [6, 6.07) is 11.9. The average Bonchev–Trinajstić information content (AvgIpc) is 2.63. The normalized spacial score (nSPS) is 16.5. The van der Waals surface area contributed by atoms with Crippen molar-refractivity contribution < 1.29 is 9.18 Å². The van der Waals surface area contributed by atoms with Crippen molar-refractivity contribution in [1.82, 2.24) is 10.2 Å². The molecule has 5 nitrogen and oxygen atoms in total. The van der Waals surface area contributed by atoms with Crippen LogP contribution in [-0.2, 0) is 17.6 Å². The molecule has 1 aliphatic heterocycles. The quantitative estimate of drug-likeness (QED) is 0.772. The van der Waals surface area contributed by atoms with Crippen LogP contribution < -0.4 is 10.5 Å². The Bertz CT molecular complexity index is 1060. The van der Waals surface area contributed by atoms with E-state index in [1.165, 1.54) is 11.0 Å². The third-order valence-corrected chi connectivity index (χ3v) is 4.80. The number of anilines is 1. The summed E-state index contributed by atoms with van der Waals surface area (Å²) < 4.78 is 14.4. The first kappa shape index (κ1) is 16.4. The fourth-order valence-electron chi connectivity index (χ4n) is 3.64. The minimum absolute atomic E-state index is 0.00219. The Kier molecular flexibility index (Phi) is 4.03. The molecule has 1 atom stereocenters. The van der Waals surface area contributed by atoms with Gasteiger partial charge in [0, 0.05) is 11.9 Å². The Labute approximate surface area is 149 Å². The maximum Gasteiger partial charge on any atom is 0.272 e. The summed E-state index contributed by atoms with van der Waals surface area (Å²) in [6.45, 7) is 2.51. The molecule has 1 amide bonds. The van der Waals surface area contributed by atoms with Gasteiger partial charge in [-0.25, -0.2) is 9.49 Å². The molecule has 2 aromatic carbocycles. The summed E-state index contributed by atoms with van der Waals surface area (Å²) in [6.07, 6.45) is 0.745. The third-order valence-electron chi connectivity index (χ3n) is 4.80. The van der Waals surface area contributed by atoms with Gasteiger partial charge in [-0.2, -0.15) is 5.10 Å². The monoisotopic (exact) mass is 351 g/mol. The molecule has 26 heavy (non-hydrogen) atoms. The molecule has 2 heterocycles. The van der Waals surface area contributed by atoms with Crippen molar-refractivity contribution in [3.8, 4) is 0 Å². The van der Waals surface area contributed by atoms with Crippen LogP contribution in [0, 0.1) is 11.7 Å². The number of hydrogen-bond acceptors (Lipinski definition) is 3. The lowest BCUT2D eigenvalue weighted by Gasteiger charge is -2.33. The maximum atomic E-state index is 14.4. The van der Waals surface area contributed by atoms with E-state index in [1.807, 2.05) is 13.0 Å². The molecule has 0 radical (unpaired) electrons. The van der Waals surface area contributed by atoms with Crippen LogP contribution >= 0.6 is 0 Å². The van der Waals surface area contributed by atoms with Crippen molar-refractivity contribution in [2.24, 2.45) is 5.92 Å². The zero-order valence-electron chi connectivity index (χ0n) is 14.3. The molecule has 3 aromatic rings. The van der Waals surface area contributed by atoms with Crippen LogP contribution in [0.1, 0.15) is 18.2 Å². The van der Waals surface area contributed by atoms with E-state index in [1.54, 1.807) is 30.3 Å². The Morgan fingerprint density at radius 3 is 2.81 bits per heavy atom. The zero-order valence-corrected chi connectivity index (χ0v) is 14.3. The van der Waals surface area contributed by atoms with Crippen molar-refractivity contribution >= 4 is 22.4 Å². The predicted octanol–water partition coefficient (Wildman–Crippen LogP) is 2.83. The minimum Gasteiger partial charge on any atom is -0.309 e. The smallest absolute Gasteiger partial charge is 0.272 e. The van der Waals surface area contributed by atoms with E-state index in [9.17, 15) is 14.0 Å². The highest BCUT2D eigenvalue weighted by molar-refractivity contribution is 5.98. The van der Waals surface area contributed by atoms with E-state index in [-0.39, 0.29) is 29.6 Å². The van der Waals surface area contributed by atoms with E-state index in [0.29, 0.717) is 28.7 Å². The summed E-state index contributed by atoms with van der Waals surface area (Å²) in [5.74, 6) is -0.372. The van der Waals surface area contributed by atoms with E-state index >= 15 is 0 Å². The number of halogens is 1. The first-order chi connectivity index (χ1) is 12.5. The van der Waals surface area contributed by atoms with E-state index in [4.69, 9.17) is 0 Å². The van der Waals surface area contributed by atoms with Crippen LogP contribution in [0.2, 0.25) is 0 Å². The first-order valence-corrected chi connectivity index (χ1v) is 8.58. The van der Waals surface area contributed by atoms with Gasteiger partial charge in [-0.15, -0.1) is 0 Å². The van der Waals surface area contributed by atoms with Crippen LogP contribution in [0.4, 0.5) is 10.1 Å².